The van der Waals surface area contributed by atoms with Gasteiger partial charge in [-0.2, -0.15) is 0 Å². The van der Waals surface area contributed by atoms with E-state index >= 15 is 0 Å². The largest absolute Gasteiger partial charge is 0.396 e. The summed E-state index contributed by atoms with van der Waals surface area (Å²) in [6.07, 6.45) is 9.06. The highest BCUT2D eigenvalue weighted by molar-refractivity contribution is 6.34. The number of aliphatic hydroxyl groups excluding tert-OH is 1. The third-order valence-electron chi connectivity index (χ3n) is 9.27. The van der Waals surface area contributed by atoms with Crippen LogP contribution in [0, 0.1) is 18.8 Å². The van der Waals surface area contributed by atoms with Crippen LogP contribution in [0.15, 0.2) is 72.8 Å². The summed E-state index contributed by atoms with van der Waals surface area (Å²) in [5.41, 5.74) is -0.226. The molecule has 2 saturated heterocycles. The van der Waals surface area contributed by atoms with Gasteiger partial charge in [-0.25, -0.2) is 0 Å². The van der Waals surface area contributed by atoms with Crippen molar-refractivity contribution in [1.29, 1.82) is 0 Å². The summed E-state index contributed by atoms with van der Waals surface area (Å²) < 4.78 is 7.04. The van der Waals surface area contributed by atoms with E-state index in [4.69, 9.17) is 16.3 Å². The number of fused-ring (bicyclic) bond motifs is 2. The molecule has 4 heterocycles. The number of benzene rings is 2. The monoisotopic (exact) mass is 589 g/mol. The van der Waals surface area contributed by atoms with E-state index in [-0.39, 0.29) is 37.4 Å². The molecule has 0 aromatic heterocycles. The van der Waals surface area contributed by atoms with Gasteiger partial charge in [-0.1, -0.05) is 73.2 Å². The highest BCUT2D eigenvalue weighted by Gasteiger charge is 2.75. The van der Waals surface area contributed by atoms with Gasteiger partial charge in [0.15, 0.2) is 0 Å². The number of aliphatic hydroxyl groups is 1. The summed E-state index contributed by atoms with van der Waals surface area (Å²) in [4.78, 5) is 48.7. The Labute approximate surface area is 251 Å². The van der Waals surface area contributed by atoms with Crippen LogP contribution < -0.4 is 9.80 Å². The number of hydrogen-bond acceptors (Lipinski definition) is 5. The lowest BCUT2D eigenvalue weighted by Gasteiger charge is -2.38. The minimum atomic E-state index is -1.35. The minimum Gasteiger partial charge on any atom is -0.396 e. The number of carbonyl (C=O) groups is 3. The van der Waals surface area contributed by atoms with E-state index in [9.17, 15) is 19.5 Å². The lowest BCUT2D eigenvalue weighted by molar-refractivity contribution is -0.145. The summed E-state index contributed by atoms with van der Waals surface area (Å²) in [5, 5.41) is 9.93. The smallest absolute Gasteiger partial charge is 0.253 e. The van der Waals surface area contributed by atoms with E-state index in [1.54, 1.807) is 20.8 Å². The SMILES string of the molecule is CC[C@]12C=CCN(c3ccccc3)C(=O)[C@H]1[C@H]1C(=O)N(CCCCO)C3C(=O)N(c4c(C)cccc4Cl)CC=C[C@@]31O2. The second-order valence-electron chi connectivity index (χ2n) is 11.5. The van der Waals surface area contributed by atoms with Gasteiger partial charge in [-0.05, 0) is 49.9 Å². The zero-order valence-corrected chi connectivity index (χ0v) is 24.7. The molecule has 0 bridgehead atoms. The van der Waals surface area contributed by atoms with Gasteiger partial charge in [-0.3, -0.25) is 14.4 Å². The van der Waals surface area contributed by atoms with Crippen molar-refractivity contribution in [2.24, 2.45) is 11.8 Å². The van der Waals surface area contributed by atoms with Crippen LogP contribution in [0.5, 0.6) is 0 Å². The number of rotatable bonds is 7. The predicted molar refractivity (Wildman–Crippen MR) is 161 cm³/mol. The molecule has 6 rings (SSSR count). The van der Waals surface area contributed by atoms with Gasteiger partial charge in [0.1, 0.15) is 11.6 Å². The molecular weight excluding hydrogens is 554 g/mol. The average Bonchev–Trinajstić information content (AvgIpc) is 3.27. The number of nitrogens with zero attached hydrogens (tertiary/aromatic N) is 3. The second kappa shape index (κ2) is 11.0. The summed E-state index contributed by atoms with van der Waals surface area (Å²) >= 11 is 6.64. The molecule has 2 aromatic rings. The Hall–Kier alpha value is -3.46. The third kappa shape index (κ3) is 4.22. The zero-order valence-electron chi connectivity index (χ0n) is 23.9. The zero-order chi connectivity index (χ0) is 29.6. The molecule has 3 amide bonds. The topological polar surface area (TPSA) is 90.4 Å². The van der Waals surface area contributed by atoms with Gasteiger partial charge in [0.2, 0.25) is 11.8 Å². The molecule has 1 spiro atoms. The van der Waals surface area contributed by atoms with Gasteiger partial charge in [0.25, 0.3) is 5.91 Å². The number of carbonyl (C=O) groups excluding carboxylic acids is 3. The van der Waals surface area contributed by atoms with E-state index < -0.39 is 29.1 Å². The fraction of sp³-hybridized carbons (Fsp3) is 0.424. The van der Waals surface area contributed by atoms with Crippen molar-refractivity contribution in [3.05, 3.63) is 83.4 Å². The predicted octanol–water partition coefficient (Wildman–Crippen LogP) is 4.29. The third-order valence-corrected chi connectivity index (χ3v) is 9.58. The van der Waals surface area contributed by atoms with Crippen molar-refractivity contribution in [2.75, 3.05) is 36.0 Å². The van der Waals surface area contributed by atoms with Gasteiger partial charge in [0.05, 0.1) is 28.1 Å². The number of unbranched alkanes of at least 4 members (excludes halogenated alkanes) is 1. The number of ether oxygens (including phenoxy) is 1. The summed E-state index contributed by atoms with van der Waals surface area (Å²) in [6, 6.07) is 13.9. The first-order valence-corrected chi connectivity index (χ1v) is 15.1. The maximum atomic E-state index is 14.7. The Morgan fingerprint density at radius 1 is 0.905 bits per heavy atom. The maximum absolute atomic E-state index is 14.7. The van der Waals surface area contributed by atoms with E-state index in [1.165, 1.54) is 0 Å². The van der Waals surface area contributed by atoms with Crippen molar-refractivity contribution in [3.8, 4) is 0 Å². The van der Waals surface area contributed by atoms with Crippen LogP contribution in [0.25, 0.3) is 0 Å². The van der Waals surface area contributed by atoms with Crippen molar-refractivity contribution < 1.29 is 24.2 Å². The lowest BCUT2D eigenvalue weighted by atomic mass is 9.73. The Balaban J connectivity index is 1.49. The van der Waals surface area contributed by atoms with Crippen LogP contribution in [-0.4, -0.2) is 71.2 Å². The second-order valence-corrected chi connectivity index (χ2v) is 11.9. The molecule has 42 heavy (non-hydrogen) atoms. The molecule has 2 aromatic carbocycles. The van der Waals surface area contributed by atoms with E-state index in [0.29, 0.717) is 36.5 Å². The van der Waals surface area contributed by atoms with E-state index in [1.807, 2.05) is 80.6 Å². The minimum absolute atomic E-state index is 0.0204. The van der Waals surface area contributed by atoms with Crippen LogP contribution >= 0.6 is 11.6 Å². The van der Waals surface area contributed by atoms with Crippen LogP contribution in [0.4, 0.5) is 11.4 Å². The molecule has 4 aliphatic heterocycles. The highest BCUT2D eigenvalue weighted by Crippen LogP contribution is 2.59. The molecule has 1 unspecified atom stereocenters. The molecule has 2 fully saturated rings. The molecule has 0 radical (unpaired) electrons. The van der Waals surface area contributed by atoms with Crippen LogP contribution in [0.1, 0.15) is 31.7 Å². The van der Waals surface area contributed by atoms with Gasteiger partial charge in [-0.15, -0.1) is 0 Å². The highest BCUT2D eigenvalue weighted by atomic mass is 35.5. The number of para-hydroxylation sites is 2. The molecule has 220 valence electrons. The van der Waals surface area contributed by atoms with Crippen molar-refractivity contribution in [2.45, 2.75) is 50.4 Å². The number of aryl methyl sites for hydroxylation is 1. The quantitative estimate of drug-likeness (QED) is 0.384. The number of anilines is 2. The first-order chi connectivity index (χ1) is 20.3. The number of halogens is 1. The first-order valence-electron chi connectivity index (χ1n) is 14.7. The summed E-state index contributed by atoms with van der Waals surface area (Å²) in [6.45, 7) is 4.71. The standard InChI is InChI=1S/C33H36ClN3O5/c1-3-32-16-10-19-35(23-13-5-4-6-14-23)29(39)25(32)26-30(40)37(18-7-8-21-38)28-31(41)36(20-11-17-33(26,28)42-32)27-22(2)12-9-15-24(27)34/h4-6,9-17,25-26,28,38H,3,7-8,18-21H2,1-2H3/t25-,26+,28?,32+,33+/m1/s1. The Bertz CT molecular complexity index is 1440. The Morgan fingerprint density at radius 2 is 1.64 bits per heavy atom. The molecule has 1 N–H and O–H groups in total. The molecular formula is C33H36ClN3O5. The van der Waals surface area contributed by atoms with E-state index in [0.717, 1.165) is 11.3 Å². The number of likely N-dealkylation sites (tertiary alicyclic amines) is 1. The number of hydrogen-bond donors (Lipinski definition) is 1. The van der Waals surface area contributed by atoms with Crippen molar-refractivity contribution in [1.82, 2.24) is 4.90 Å². The summed E-state index contributed by atoms with van der Waals surface area (Å²) in [7, 11) is 0. The average molecular weight is 590 g/mol. The molecule has 4 aliphatic rings. The van der Waals surface area contributed by atoms with E-state index in [2.05, 4.69) is 0 Å². The van der Waals surface area contributed by atoms with Gasteiger partial charge >= 0.3 is 0 Å². The first kappa shape index (κ1) is 28.6. The van der Waals surface area contributed by atoms with Crippen LogP contribution in [0.2, 0.25) is 5.02 Å². The normalized spacial score (nSPS) is 30.3. The molecule has 0 aliphatic carbocycles. The van der Waals surface area contributed by atoms with Crippen LogP contribution in [0.3, 0.4) is 0 Å². The van der Waals surface area contributed by atoms with Gasteiger partial charge < -0.3 is 24.5 Å². The van der Waals surface area contributed by atoms with Crippen molar-refractivity contribution >= 4 is 40.7 Å². The van der Waals surface area contributed by atoms with Gasteiger partial charge in [0, 0.05) is 31.9 Å². The molecule has 5 atom stereocenters. The Morgan fingerprint density at radius 3 is 2.36 bits per heavy atom. The molecule has 8 nitrogen and oxygen atoms in total. The maximum Gasteiger partial charge on any atom is 0.253 e. The fourth-order valence-corrected chi connectivity index (χ4v) is 7.72. The lowest BCUT2D eigenvalue weighted by Crippen LogP contribution is -2.56. The fourth-order valence-electron chi connectivity index (χ4n) is 7.40. The number of amides is 3. The van der Waals surface area contributed by atoms with Crippen LogP contribution in [-0.2, 0) is 19.1 Å². The Kier molecular flexibility index (Phi) is 7.50. The summed E-state index contributed by atoms with van der Waals surface area (Å²) in [5.74, 6) is -2.49. The molecule has 9 heteroatoms. The molecule has 0 saturated carbocycles. The van der Waals surface area contributed by atoms with Crippen molar-refractivity contribution in [3.63, 3.8) is 0 Å².